The SMILES string of the molecule is Cc1cc(C)nc(C2CC(=O)CCC2C)c1. The quantitative estimate of drug-likeness (QED) is 0.723. The van der Waals surface area contributed by atoms with Crippen molar-refractivity contribution in [2.75, 3.05) is 0 Å². The normalized spacial score (nSPS) is 25.8. The molecule has 0 aliphatic heterocycles. The zero-order chi connectivity index (χ0) is 11.7. The van der Waals surface area contributed by atoms with Gasteiger partial charge in [-0.3, -0.25) is 9.78 Å². The van der Waals surface area contributed by atoms with Crippen LogP contribution in [0.25, 0.3) is 0 Å². The molecule has 1 aromatic rings. The highest BCUT2D eigenvalue weighted by Gasteiger charge is 2.28. The lowest BCUT2D eigenvalue weighted by molar-refractivity contribution is -0.121. The number of nitrogens with zero attached hydrogens (tertiary/aromatic N) is 1. The maximum Gasteiger partial charge on any atom is 0.133 e. The maximum absolute atomic E-state index is 11.5. The van der Waals surface area contributed by atoms with E-state index in [1.807, 2.05) is 6.92 Å². The lowest BCUT2D eigenvalue weighted by Gasteiger charge is -2.27. The van der Waals surface area contributed by atoms with Crippen molar-refractivity contribution in [1.82, 2.24) is 4.98 Å². The molecule has 0 saturated heterocycles. The van der Waals surface area contributed by atoms with Crippen molar-refractivity contribution >= 4 is 5.78 Å². The van der Waals surface area contributed by atoms with Crippen molar-refractivity contribution in [1.29, 1.82) is 0 Å². The first-order valence-corrected chi connectivity index (χ1v) is 6.03. The molecule has 1 fully saturated rings. The number of hydrogen-bond acceptors (Lipinski definition) is 2. The van der Waals surface area contributed by atoms with Gasteiger partial charge in [0.05, 0.1) is 0 Å². The highest BCUT2D eigenvalue weighted by Crippen LogP contribution is 2.35. The van der Waals surface area contributed by atoms with Gasteiger partial charge in [-0.25, -0.2) is 0 Å². The molecule has 0 aromatic carbocycles. The van der Waals surface area contributed by atoms with Gasteiger partial charge in [0.15, 0.2) is 0 Å². The summed E-state index contributed by atoms with van der Waals surface area (Å²) in [5.74, 6) is 1.30. The highest BCUT2D eigenvalue weighted by atomic mass is 16.1. The van der Waals surface area contributed by atoms with Gasteiger partial charge >= 0.3 is 0 Å². The topological polar surface area (TPSA) is 30.0 Å². The molecule has 2 nitrogen and oxygen atoms in total. The molecule has 1 aliphatic rings. The van der Waals surface area contributed by atoms with E-state index >= 15 is 0 Å². The number of carbonyl (C=O) groups is 1. The summed E-state index contributed by atoms with van der Waals surface area (Å²) >= 11 is 0. The second-order valence-corrected chi connectivity index (χ2v) is 5.08. The first-order valence-electron chi connectivity index (χ1n) is 6.03. The van der Waals surface area contributed by atoms with E-state index in [1.54, 1.807) is 0 Å². The highest BCUT2D eigenvalue weighted by molar-refractivity contribution is 5.80. The maximum atomic E-state index is 11.5. The van der Waals surface area contributed by atoms with Crippen LogP contribution in [0, 0.1) is 19.8 Å². The average molecular weight is 217 g/mol. The monoisotopic (exact) mass is 217 g/mol. The van der Waals surface area contributed by atoms with Crippen molar-refractivity contribution < 1.29 is 4.79 Å². The second-order valence-electron chi connectivity index (χ2n) is 5.08. The van der Waals surface area contributed by atoms with E-state index in [0.29, 0.717) is 24.0 Å². The largest absolute Gasteiger partial charge is 0.300 e. The van der Waals surface area contributed by atoms with Gasteiger partial charge in [-0.15, -0.1) is 0 Å². The minimum atomic E-state index is 0.333. The van der Waals surface area contributed by atoms with E-state index in [2.05, 4.69) is 31.0 Å². The zero-order valence-electron chi connectivity index (χ0n) is 10.3. The number of rotatable bonds is 1. The van der Waals surface area contributed by atoms with E-state index in [0.717, 1.165) is 24.2 Å². The Hall–Kier alpha value is -1.18. The summed E-state index contributed by atoms with van der Waals surface area (Å²) in [5.41, 5.74) is 3.41. The summed E-state index contributed by atoms with van der Waals surface area (Å²) in [6.45, 7) is 6.34. The van der Waals surface area contributed by atoms with Crippen LogP contribution in [-0.4, -0.2) is 10.8 Å². The summed E-state index contributed by atoms with van der Waals surface area (Å²) in [6, 6.07) is 4.21. The van der Waals surface area contributed by atoms with Crippen molar-refractivity contribution in [3.8, 4) is 0 Å². The van der Waals surface area contributed by atoms with Gasteiger partial charge < -0.3 is 0 Å². The van der Waals surface area contributed by atoms with Gasteiger partial charge in [0.25, 0.3) is 0 Å². The van der Waals surface area contributed by atoms with Gasteiger partial charge in [-0.1, -0.05) is 6.92 Å². The summed E-state index contributed by atoms with van der Waals surface area (Å²) in [6.07, 6.45) is 2.44. The van der Waals surface area contributed by atoms with Gasteiger partial charge in [-0.2, -0.15) is 0 Å². The lowest BCUT2D eigenvalue weighted by Crippen LogP contribution is -2.22. The van der Waals surface area contributed by atoms with Crippen LogP contribution in [0.3, 0.4) is 0 Å². The van der Waals surface area contributed by atoms with Gasteiger partial charge in [0.2, 0.25) is 0 Å². The average Bonchev–Trinajstić information content (AvgIpc) is 2.20. The van der Waals surface area contributed by atoms with E-state index < -0.39 is 0 Å². The smallest absolute Gasteiger partial charge is 0.133 e. The number of ketones is 1. The molecule has 2 rings (SSSR count). The predicted molar refractivity (Wildman–Crippen MR) is 64.5 cm³/mol. The summed E-state index contributed by atoms with van der Waals surface area (Å²) < 4.78 is 0. The van der Waals surface area contributed by atoms with Gasteiger partial charge in [-0.05, 0) is 43.9 Å². The molecule has 2 heteroatoms. The Labute approximate surface area is 97.1 Å². The number of aromatic nitrogens is 1. The molecule has 1 aliphatic carbocycles. The molecule has 2 atom stereocenters. The van der Waals surface area contributed by atoms with Crippen LogP contribution in [0.5, 0.6) is 0 Å². The molecule has 0 N–H and O–H groups in total. The molecule has 1 aromatic heterocycles. The molecule has 2 unspecified atom stereocenters. The van der Waals surface area contributed by atoms with E-state index in [-0.39, 0.29) is 0 Å². The number of Topliss-reactive ketones (excluding diaryl/α,β-unsaturated/α-hetero) is 1. The molecule has 1 saturated carbocycles. The first kappa shape index (κ1) is 11.3. The van der Waals surface area contributed by atoms with Crippen LogP contribution in [0.15, 0.2) is 12.1 Å². The summed E-state index contributed by atoms with van der Waals surface area (Å²) in [4.78, 5) is 16.1. The molecule has 0 radical (unpaired) electrons. The minimum Gasteiger partial charge on any atom is -0.300 e. The third kappa shape index (κ3) is 2.31. The lowest BCUT2D eigenvalue weighted by atomic mass is 9.77. The van der Waals surface area contributed by atoms with Crippen molar-refractivity contribution in [2.24, 2.45) is 5.92 Å². The standard InChI is InChI=1S/C14H19NO/c1-9-6-11(3)15-14(7-9)13-8-12(16)5-4-10(13)2/h6-7,10,13H,4-5,8H2,1-3H3. The fourth-order valence-electron chi connectivity index (χ4n) is 2.60. The molecular formula is C14H19NO. The molecule has 0 spiro atoms. The number of aryl methyl sites for hydroxylation is 2. The first-order chi connectivity index (χ1) is 7.56. The van der Waals surface area contributed by atoms with E-state index in [9.17, 15) is 4.79 Å². The number of carbonyl (C=O) groups excluding carboxylic acids is 1. The van der Waals surface area contributed by atoms with Crippen molar-refractivity contribution in [3.63, 3.8) is 0 Å². The van der Waals surface area contributed by atoms with Gasteiger partial charge in [0, 0.05) is 30.1 Å². The van der Waals surface area contributed by atoms with Crippen LogP contribution in [0.4, 0.5) is 0 Å². The molecular weight excluding hydrogens is 198 g/mol. The second kappa shape index (κ2) is 4.36. The van der Waals surface area contributed by atoms with Gasteiger partial charge in [0.1, 0.15) is 5.78 Å². The Morgan fingerprint density at radius 3 is 2.75 bits per heavy atom. The van der Waals surface area contributed by atoms with Crippen LogP contribution in [0.1, 0.15) is 49.1 Å². The van der Waals surface area contributed by atoms with Crippen LogP contribution in [-0.2, 0) is 4.79 Å². The van der Waals surface area contributed by atoms with Crippen LogP contribution >= 0.6 is 0 Å². The Balaban J connectivity index is 2.31. The Kier molecular flexibility index (Phi) is 3.08. The molecule has 1 heterocycles. The molecule has 0 amide bonds. The Morgan fingerprint density at radius 2 is 2.06 bits per heavy atom. The molecule has 86 valence electrons. The predicted octanol–water partition coefficient (Wildman–Crippen LogP) is 3.17. The Bertz CT molecular complexity index is 391. The van der Waals surface area contributed by atoms with Crippen LogP contribution in [0.2, 0.25) is 0 Å². The zero-order valence-corrected chi connectivity index (χ0v) is 10.3. The summed E-state index contributed by atoms with van der Waals surface area (Å²) in [7, 11) is 0. The van der Waals surface area contributed by atoms with E-state index in [4.69, 9.17) is 0 Å². The minimum absolute atomic E-state index is 0.333. The molecule has 16 heavy (non-hydrogen) atoms. The fourth-order valence-corrected chi connectivity index (χ4v) is 2.60. The fraction of sp³-hybridized carbons (Fsp3) is 0.571. The summed E-state index contributed by atoms with van der Waals surface area (Å²) in [5, 5.41) is 0. The van der Waals surface area contributed by atoms with Crippen molar-refractivity contribution in [2.45, 2.75) is 46.0 Å². The molecule has 0 bridgehead atoms. The Morgan fingerprint density at radius 1 is 1.31 bits per heavy atom. The van der Waals surface area contributed by atoms with Crippen molar-refractivity contribution in [3.05, 3.63) is 29.1 Å². The van der Waals surface area contributed by atoms with Crippen LogP contribution < -0.4 is 0 Å². The third-order valence-corrected chi connectivity index (χ3v) is 3.51. The van der Waals surface area contributed by atoms with E-state index in [1.165, 1.54) is 5.56 Å². The number of hydrogen-bond donors (Lipinski definition) is 0. The third-order valence-electron chi connectivity index (χ3n) is 3.51. The number of pyridine rings is 1.